The average molecular weight is 241 g/mol. The van der Waals surface area contributed by atoms with E-state index in [9.17, 15) is 0 Å². The van der Waals surface area contributed by atoms with Crippen LogP contribution < -0.4 is 5.73 Å². The Morgan fingerprint density at radius 3 is 2.61 bits per heavy atom. The van der Waals surface area contributed by atoms with Crippen LogP contribution >= 0.6 is 0 Å². The third kappa shape index (κ3) is 1.53. The first-order valence-corrected chi connectivity index (χ1v) is 7.10. The first-order valence-electron chi connectivity index (χ1n) is 7.10. The van der Waals surface area contributed by atoms with Gasteiger partial charge >= 0.3 is 0 Å². The fraction of sp³-hybridized carbons (Fsp3) is 0.533. The summed E-state index contributed by atoms with van der Waals surface area (Å²) < 4.78 is 2.49. The first-order chi connectivity index (χ1) is 8.83. The molecule has 18 heavy (non-hydrogen) atoms. The summed E-state index contributed by atoms with van der Waals surface area (Å²) in [7, 11) is 0. The predicted octanol–water partition coefficient (Wildman–Crippen LogP) is 3.61. The Morgan fingerprint density at radius 2 is 1.89 bits per heavy atom. The molecule has 1 aromatic carbocycles. The molecule has 2 N–H and O–H groups in total. The summed E-state index contributed by atoms with van der Waals surface area (Å²) >= 11 is 0. The van der Waals surface area contributed by atoms with Gasteiger partial charge in [0.2, 0.25) is 0 Å². The summed E-state index contributed by atoms with van der Waals surface area (Å²) in [6.45, 7) is 0. The molecule has 2 aliphatic rings. The van der Waals surface area contributed by atoms with Crippen LogP contribution in [-0.4, -0.2) is 9.55 Å². The van der Waals surface area contributed by atoms with E-state index in [-0.39, 0.29) is 0 Å². The van der Waals surface area contributed by atoms with Gasteiger partial charge in [-0.25, -0.2) is 4.98 Å². The molecule has 0 atom stereocenters. The fourth-order valence-electron chi connectivity index (χ4n) is 3.32. The minimum Gasteiger partial charge on any atom is -0.399 e. The topological polar surface area (TPSA) is 43.8 Å². The molecule has 94 valence electrons. The second kappa shape index (κ2) is 3.74. The van der Waals surface area contributed by atoms with Crippen molar-refractivity contribution in [3.63, 3.8) is 0 Å². The van der Waals surface area contributed by atoms with Crippen molar-refractivity contribution < 1.29 is 0 Å². The lowest BCUT2D eigenvalue weighted by Crippen LogP contribution is -2.05. The van der Waals surface area contributed by atoms with Crippen LogP contribution in [-0.2, 0) is 0 Å². The molecule has 1 aromatic heterocycles. The Bertz CT molecular complexity index is 589. The van der Waals surface area contributed by atoms with E-state index in [1.807, 2.05) is 6.07 Å². The first kappa shape index (κ1) is 10.4. The summed E-state index contributed by atoms with van der Waals surface area (Å²) in [5.74, 6) is 2.01. The largest absolute Gasteiger partial charge is 0.399 e. The third-order valence-corrected chi connectivity index (χ3v) is 4.37. The van der Waals surface area contributed by atoms with Gasteiger partial charge in [0, 0.05) is 17.6 Å². The van der Waals surface area contributed by atoms with Crippen molar-refractivity contribution in [3.05, 3.63) is 24.0 Å². The summed E-state index contributed by atoms with van der Waals surface area (Å²) in [6.07, 6.45) is 7.96. The number of fused-ring (bicyclic) bond motifs is 1. The van der Waals surface area contributed by atoms with Gasteiger partial charge in [-0.3, -0.25) is 0 Å². The van der Waals surface area contributed by atoms with Gasteiger partial charge in [0.1, 0.15) is 5.82 Å². The zero-order valence-electron chi connectivity index (χ0n) is 10.6. The van der Waals surface area contributed by atoms with Gasteiger partial charge < -0.3 is 10.3 Å². The van der Waals surface area contributed by atoms with E-state index in [0.717, 1.165) is 11.2 Å². The second-order valence-corrected chi connectivity index (χ2v) is 5.80. The molecule has 0 unspecified atom stereocenters. The fourth-order valence-corrected chi connectivity index (χ4v) is 3.32. The maximum Gasteiger partial charge on any atom is 0.113 e. The van der Waals surface area contributed by atoms with Crippen LogP contribution in [0.25, 0.3) is 11.0 Å². The number of nitrogens with two attached hydrogens (primary N) is 1. The van der Waals surface area contributed by atoms with Crippen LogP contribution in [0.2, 0.25) is 0 Å². The Labute approximate surface area is 107 Å². The van der Waals surface area contributed by atoms with Gasteiger partial charge in [0.15, 0.2) is 0 Å². The van der Waals surface area contributed by atoms with E-state index >= 15 is 0 Å². The second-order valence-electron chi connectivity index (χ2n) is 5.80. The lowest BCUT2D eigenvalue weighted by Gasteiger charge is -2.12. The highest BCUT2D eigenvalue weighted by Crippen LogP contribution is 2.43. The van der Waals surface area contributed by atoms with Crippen LogP contribution in [0.15, 0.2) is 18.2 Å². The Balaban J connectivity index is 1.92. The monoisotopic (exact) mass is 241 g/mol. The van der Waals surface area contributed by atoms with Gasteiger partial charge in [-0.05, 0) is 43.9 Å². The minimum absolute atomic E-state index is 0.680. The Hall–Kier alpha value is -1.51. The normalized spacial score (nSPS) is 20.9. The molecule has 4 rings (SSSR count). The molecule has 2 fully saturated rings. The third-order valence-electron chi connectivity index (χ3n) is 4.37. The van der Waals surface area contributed by atoms with Gasteiger partial charge in [-0.2, -0.15) is 0 Å². The SMILES string of the molecule is Nc1ccc2nc(C3CCCC3)n(C3CC3)c2c1. The predicted molar refractivity (Wildman–Crippen MR) is 73.6 cm³/mol. The molecule has 2 saturated carbocycles. The van der Waals surface area contributed by atoms with Gasteiger partial charge in [0.05, 0.1) is 11.0 Å². The standard InChI is InChI=1S/C15H19N3/c16-11-5-8-13-14(9-11)18(12-6-7-12)15(17-13)10-3-1-2-4-10/h5,8-10,12H,1-4,6-7,16H2. The van der Waals surface area contributed by atoms with E-state index in [0.29, 0.717) is 12.0 Å². The number of benzene rings is 1. The summed E-state index contributed by atoms with van der Waals surface area (Å²) in [5, 5.41) is 0. The number of hydrogen-bond donors (Lipinski definition) is 1. The number of anilines is 1. The summed E-state index contributed by atoms with van der Waals surface area (Å²) in [6, 6.07) is 6.82. The van der Waals surface area contributed by atoms with E-state index in [1.54, 1.807) is 0 Å². The van der Waals surface area contributed by atoms with Crippen molar-refractivity contribution in [1.82, 2.24) is 9.55 Å². The van der Waals surface area contributed by atoms with E-state index in [4.69, 9.17) is 10.7 Å². The van der Waals surface area contributed by atoms with E-state index in [2.05, 4.69) is 16.7 Å². The molecule has 3 nitrogen and oxygen atoms in total. The smallest absolute Gasteiger partial charge is 0.113 e. The summed E-state index contributed by atoms with van der Waals surface area (Å²) in [4.78, 5) is 4.90. The number of rotatable bonds is 2. The number of nitrogen functional groups attached to an aromatic ring is 1. The summed E-state index contributed by atoms with van der Waals surface area (Å²) in [5.41, 5.74) is 9.16. The van der Waals surface area contributed by atoms with Crippen molar-refractivity contribution in [2.75, 3.05) is 5.73 Å². The number of nitrogens with zero attached hydrogens (tertiary/aromatic N) is 2. The Morgan fingerprint density at radius 1 is 1.11 bits per heavy atom. The Kier molecular flexibility index (Phi) is 2.16. The average Bonchev–Trinajstić information content (AvgIpc) is 2.93. The van der Waals surface area contributed by atoms with Crippen molar-refractivity contribution >= 4 is 16.7 Å². The maximum absolute atomic E-state index is 5.93. The molecule has 0 spiro atoms. The molecule has 0 radical (unpaired) electrons. The molecule has 2 aliphatic carbocycles. The number of imidazole rings is 1. The quantitative estimate of drug-likeness (QED) is 0.816. The minimum atomic E-state index is 0.680. The highest BCUT2D eigenvalue weighted by atomic mass is 15.1. The van der Waals surface area contributed by atoms with Crippen LogP contribution in [0, 0.1) is 0 Å². The van der Waals surface area contributed by atoms with Gasteiger partial charge in [0.25, 0.3) is 0 Å². The van der Waals surface area contributed by atoms with Crippen LogP contribution in [0.5, 0.6) is 0 Å². The molecule has 2 aromatic rings. The van der Waals surface area contributed by atoms with Crippen molar-refractivity contribution in [1.29, 1.82) is 0 Å². The zero-order valence-corrected chi connectivity index (χ0v) is 10.6. The molecule has 1 heterocycles. The van der Waals surface area contributed by atoms with Crippen LogP contribution in [0.1, 0.15) is 56.3 Å². The number of hydrogen-bond acceptors (Lipinski definition) is 2. The van der Waals surface area contributed by atoms with Crippen molar-refractivity contribution in [3.8, 4) is 0 Å². The van der Waals surface area contributed by atoms with Gasteiger partial charge in [-0.15, -0.1) is 0 Å². The maximum atomic E-state index is 5.93. The number of aromatic nitrogens is 2. The highest BCUT2D eigenvalue weighted by molar-refractivity contribution is 5.80. The van der Waals surface area contributed by atoms with Crippen LogP contribution in [0.3, 0.4) is 0 Å². The van der Waals surface area contributed by atoms with E-state index < -0.39 is 0 Å². The lowest BCUT2D eigenvalue weighted by atomic mass is 10.1. The molecule has 0 saturated heterocycles. The van der Waals surface area contributed by atoms with Crippen LogP contribution in [0.4, 0.5) is 5.69 Å². The molecule has 0 amide bonds. The van der Waals surface area contributed by atoms with Gasteiger partial charge in [-0.1, -0.05) is 12.8 Å². The van der Waals surface area contributed by atoms with Crippen molar-refractivity contribution in [2.45, 2.75) is 50.5 Å². The lowest BCUT2D eigenvalue weighted by molar-refractivity contribution is 0.602. The molecule has 0 bridgehead atoms. The van der Waals surface area contributed by atoms with Crippen molar-refractivity contribution in [2.24, 2.45) is 0 Å². The van der Waals surface area contributed by atoms with E-state index in [1.165, 1.54) is 49.9 Å². The molecule has 0 aliphatic heterocycles. The highest BCUT2D eigenvalue weighted by Gasteiger charge is 2.31. The molecule has 3 heteroatoms. The zero-order chi connectivity index (χ0) is 12.1. The molecular weight excluding hydrogens is 222 g/mol. The molecular formula is C15H19N3.